The van der Waals surface area contributed by atoms with E-state index in [0.717, 1.165) is 9.35 Å². The third-order valence-corrected chi connectivity index (χ3v) is 6.23. The summed E-state index contributed by atoms with van der Waals surface area (Å²) in [6.07, 6.45) is 1.10. The number of hydrogen-bond acceptors (Lipinski definition) is 4. The van der Waals surface area contributed by atoms with Crippen LogP contribution in [0.3, 0.4) is 0 Å². The molecule has 0 aromatic carbocycles. The third kappa shape index (κ3) is 4.01. The summed E-state index contributed by atoms with van der Waals surface area (Å²) in [4.78, 5) is 11.0. The highest BCUT2D eigenvalue weighted by Crippen LogP contribution is 2.22. The van der Waals surface area contributed by atoms with Crippen LogP contribution < -0.4 is 4.72 Å². The first kappa shape index (κ1) is 15.9. The van der Waals surface area contributed by atoms with Crippen LogP contribution in [0.1, 0.15) is 18.4 Å². The van der Waals surface area contributed by atoms with Gasteiger partial charge in [-0.05, 0) is 45.8 Å². The Morgan fingerprint density at radius 3 is 2.95 bits per heavy atom. The molecule has 1 aromatic rings. The Hall–Kier alpha value is -0.480. The van der Waals surface area contributed by atoms with Gasteiger partial charge in [0.05, 0.1) is 9.70 Å². The maximum Gasteiger partial charge on any atom is 0.307 e. The van der Waals surface area contributed by atoms with Gasteiger partial charge in [-0.1, -0.05) is 0 Å². The van der Waals surface area contributed by atoms with Crippen molar-refractivity contribution in [1.82, 2.24) is 9.03 Å². The number of aliphatic carboxylic acids is 1. The van der Waals surface area contributed by atoms with E-state index in [-0.39, 0.29) is 13.1 Å². The van der Waals surface area contributed by atoms with Crippen molar-refractivity contribution in [2.75, 3.05) is 13.1 Å². The minimum absolute atomic E-state index is 0.0397. The standard InChI is InChI=1S/C11H15BrN2O4S2/c12-10-4-8(7-19-10)5-13-20(17,18)14-3-1-2-9(6-14)11(15)16/h4,7,9,13H,1-3,5-6H2,(H,15,16). The first-order valence-corrected chi connectivity index (χ1v) is 9.20. The van der Waals surface area contributed by atoms with E-state index in [9.17, 15) is 13.2 Å². The number of carboxylic acids is 1. The lowest BCUT2D eigenvalue weighted by molar-refractivity contribution is -0.142. The van der Waals surface area contributed by atoms with Crippen molar-refractivity contribution < 1.29 is 18.3 Å². The number of rotatable bonds is 5. The molecule has 0 aliphatic carbocycles. The highest BCUT2D eigenvalue weighted by atomic mass is 79.9. The van der Waals surface area contributed by atoms with Crippen LogP contribution in [0.15, 0.2) is 15.2 Å². The predicted molar refractivity (Wildman–Crippen MR) is 79.7 cm³/mol. The van der Waals surface area contributed by atoms with Crippen molar-refractivity contribution >= 4 is 43.4 Å². The van der Waals surface area contributed by atoms with Gasteiger partial charge in [-0.25, -0.2) is 0 Å². The number of nitrogens with one attached hydrogen (secondary N) is 1. The van der Waals surface area contributed by atoms with Gasteiger partial charge >= 0.3 is 5.97 Å². The number of hydrogen-bond donors (Lipinski definition) is 2. The molecular weight excluding hydrogens is 368 g/mol. The predicted octanol–water partition coefficient (Wildman–Crippen LogP) is 1.64. The third-order valence-electron chi connectivity index (χ3n) is 3.15. The average Bonchev–Trinajstić information content (AvgIpc) is 2.82. The maximum absolute atomic E-state index is 12.1. The first-order chi connectivity index (χ1) is 9.38. The van der Waals surface area contributed by atoms with Gasteiger partial charge in [-0.15, -0.1) is 11.3 Å². The maximum atomic E-state index is 12.1. The highest BCUT2D eigenvalue weighted by molar-refractivity contribution is 9.11. The lowest BCUT2D eigenvalue weighted by Crippen LogP contribution is -2.47. The molecule has 2 heterocycles. The molecule has 6 nitrogen and oxygen atoms in total. The molecule has 0 amide bonds. The summed E-state index contributed by atoms with van der Waals surface area (Å²) >= 11 is 4.80. The van der Waals surface area contributed by atoms with Crippen molar-refractivity contribution in [1.29, 1.82) is 0 Å². The smallest absolute Gasteiger partial charge is 0.307 e. The number of nitrogens with zero attached hydrogens (tertiary/aromatic N) is 1. The van der Waals surface area contributed by atoms with E-state index in [4.69, 9.17) is 5.11 Å². The lowest BCUT2D eigenvalue weighted by atomic mass is 10.0. The van der Waals surface area contributed by atoms with Gasteiger partial charge in [-0.2, -0.15) is 17.4 Å². The second-order valence-corrected chi connectivity index (χ2v) is 8.67. The molecule has 2 rings (SSSR count). The van der Waals surface area contributed by atoms with E-state index in [1.165, 1.54) is 15.6 Å². The second-order valence-electron chi connectivity index (χ2n) is 4.62. The molecule has 9 heteroatoms. The Morgan fingerprint density at radius 2 is 2.35 bits per heavy atom. The number of carbonyl (C=O) groups is 1. The van der Waals surface area contributed by atoms with Crippen LogP contribution in [0.5, 0.6) is 0 Å². The van der Waals surface area contributed by atoms with Crippen LogP contribution in [0, 0.1) is 5.92 Å². The van der Waals surface area contributed by atoms with Gasteiger partial charge in [0.15, 0.2) is 0 Å². The Morgan fingerprint density at radius 1 is 1.60 bits per heavy atom. The molecular formula is C11H15BrN2O4S2. The summed E-state index contributed by atoms with van der Waals surface area (Å²) in [6, 6.07) is 1.85. The summed E-state index contributed by atoms with van der Waals surface area (Å²) in [6.45, 7) is 0.614. The zero-order valence-electron chi connectivity index (χ0n) is 10.6. The van der Waals surface area contributed by atoms with Gasteiger partial charge in [0.2, 0.25) is 0 Å². The quantitative estimate of drug-likeness (QED) is 0.810. The molecule has 1 aromatic heterocycles. The number of halogens is 1. The zero-order chi connectivity index (χ0) is 14.8. The summed E-state index contributed by atoms with van der Waals surface area (Å²) in [5.74, 6) is -1.55. The SMILES string of the molecule is O=C(O)C1CCCN(S(=O)(=O)NCc2csc(Br)c2)C1. The molecule has 1 aliphatic rings. The van der Waals surface area contributed by atoms with E-state index in [0.29, 0.717) is 19.4 Å². The number of thiophene rings is 1. The summed E-state index contributed by atoms with van der Waals surface area (Å²) in [5.41, 5.74) is 0.872. The molecule has 2 N–H and O–H groups in total. The van der Waals surface area contributed by atoms with Gasteiger partial charge in [0.1, 0.15) is 0 Å². The van der Waals surface area contributed by atoms with Gasteiger partial charge in [0.25, 0.3) is 10.2 Å². The molecule has 1 unspecified atom stereocenters. The Balaban J connectivity index is 1.97. The average molecular weight is 383 g/mol. The summed E-state index contributed by atoms with van der Waals surface area (Å²) in [7, 11) is -3.63. The fraction of sp³-hybridized carbons (Fsp3) is 0.545. The van der Waals surface area contributed by atoms with E-state index in [1.807, 2.05) is 11.4 Å². The molecule has 0 saturated carbocycles. The van der Waals surface area contributed by atoms with Crippen molar-refractivity contribution in [3.05, 3.63) is 20.8 Å². The molecule has 1 fully saturated rings. The number of piperidine rings is 1. The van der Waals surface area contributed by atoms with E-state index < -0.39 is 22.1 Å². The molecule has 0 bridgehead atoms. The molecule has 1 saturated heterocycles. The zero-order valence-corrected chi connectivity index (χ0v) is 13.8. The fourth-order valence-electron chi connectivity index (χ4n) is 2.07. The Labute approximate surface area is 130 Å². The van der Waals surface area contributed by atoms with Crippen molar-refractivity contribution in [2.24, 2.45) is 5.92 Å². The monoisotopic (exact) mass is 382 g/mol. The molecule has 20 heavy (non-hydrogen) atoms. The van der Waals surface area contributed by atoms with Gasteiger partial charge in [0, 0.05) is 19.6 Å². The summed E-state index contributed by atoms with van der Waals surface area (Å²) in [5, 5.41) is 10.9. The normalized spacial score (nSPS) is 20.9. The van der Waals surface area contributed by atoms with E-state index >= 15 is 0 Å². The van der Waals surface area contributed by atoms with Crippen molar-refractivity contribution in [3.63, 3.8) is 0 Å². The van der Waals surface area contributed by atoms with Crippen LogP contribution in [0.2, 0.25) is 0 Å². The molecule has 112 valence electrons. The van der Waals surface area contributed by atoms with Crippen molar-refractivity contribution in [2.45, 2.75) is 19.4 Å². The second kappa shape index (κ2) is 6.52. The highest BCUT2D eigenvalue weighted by Gasteiger charge is 2.31. The van der Waals surface area contributed by atoms with Gasteiger partial charge in [-0.3, -0.25) is 4.79 Å². The van der Waals surface area contributed by atoms with Crippen LogP contribution in [-0.2, 0) is 21.5 Å². The van der Waals surface area contributed by atoms with E-state index in [1.54, 1.807) is 0 Å². The Kier molecular flexibility index (Phi) is 5.19. The van der Waals surface area contributed by atoms with Gasteiger partial charge < -0.3 is 5.11 Å². The largest absolute Gasteiger partial charge is 0.481 e. The van der Waals surface area contributed by atoms with Crippen molar-refractivity contribution in [3.8, 4) is 0 Å². The molecule has 0 radical (unpaired) electrons. The van der Waals surface area contributed by atoms with Crippen LogP contribution in [0.25, 0.3) is 0 Å². The topological polar surface area (TPSA) is 86.7 Å². The number of carboxylic acid groups (broad SMARTS) is 1. The minimum atomic E-state index is -3.63. The van der Waals surface area contributed by atoms with Crippen LogP contribution in [0.4, 0.5) is 0 Å². The first-order valence-electron chi connectivity index (χ1n) is 6.09. The lowest BCUT2D eigenvalue weighted by Gasteiger charge is -2.29. The molecule has 1 aliphatic heterocycles. The summed E-state index contributed by atoms with van der Waals surface area (Å²) < 4.78 is 29.0. The van der Waals surface area contributed by atoms with E-state index in [2.05, 4.69) is 20.7 Å². The Bertz CT molecular complexity index is 587. The fourth-order valence-corrected chi connectivity index (χ4v) is 4.55. The van der Waals surface area contributed by atoms with Crippen LogP contribution >= 0.6 is 27.3 Å². The van der Waals surface area contributed by atoms with Crippen LogP contribution in [-0.4, -0.2) is 36.9 Å². The minimum Gasteiger partial charge on any atom is -0.481 e. The molecule has 1 atom stereocenters. The molecule has 0 spiro atoms.